The standard InChI is InChI=1S/C20H32ClN3O2S.HI/c1-4-22-20(24-17-8-7-9-18(13-17)27(25)6-3)23-14-15-10-11-16(21)12-19(15)26-5-2;/h10-12,17-18H,4-9,13-14H2,1-3H3,(H2,22,23,24);1H. The number of nitrogens with zero attached hydrogens (tertiary/aromatic N) is 1. The Bertz CT molecular complexity index is 660. The number of nitrogens with one attached hydrogen (secondary N) is 2. The Morgan fingerprint density at radius 3 is 2.79 bits per heavy atom. The molecule has 0 aromatic heterocycles. The second-order valence-electron chi connectivity index (χ2n) is 6.68. The maximum absolute atomic E-state index is 12.2. The van der Waals surface area contributed by atoms with Crippen LogP contribution in [0.2, 0.25) is 5.02 Å². The van der Waals surface area contributed by atoms with Crippen LogP contribution in [-0.2, 0) is 17.3 Å². The minimum Gasteiger partial charge on any atom is -0.493 e. The fourth-order valence-electron chi connectivity index (χ4n) is 3.38. The smallest absolute Gasteiger partial charge is 0.191 e. The first-order valence-electron chi connectivity index (χ1n) is 9.90. The number of benzene rings is 1. The summed E-state index contributed by atoms with van der Waals surface area (Å²) < 4.78 is 17.9. The van der Waals surface area contributed by atoms with E-state index in [2.05, 4.69) is 17.6 Å². The lowest BCUT2D eigenvalue weighted by atomic mass is 9.95. The molecule has 0 radical (unpaired) electrons. The first-order valence-corrected chi connectivity index (χ1v) is 11.7. The normalized spacial score (nSPS) is 20.8. The van der Waals surface area contributed by atoms with Gasteiger partial charge in [-0.1, -0.05) is 31.0 Å². The second-order valence-corrected chi connectivity index (χ2v) is 9.12. The SMILES string of the molecule is CCNC(=NCc1ccc(Cl)cc1OCC)NC1CCCC(S(=O)CC)C1.I. The van der Waals surface area contributed by atoms with E-state index >= 15 is 0 Å². The molecule has 8 heteroatoms. The van der Waals surface area contributed by atoms with Crippen molar-refractivity contribution in [2.75, 3.05) is 18.9 Å². The Morgan fingerprint density at radius 1 is 1.32 bits per heavy atom. The third-order valence-electron chi connectivity index (χ3n) is 4.70. The van der Waals surface area contributed by atoms with E-state index in [0.717, 1.165) is 55.3 Å². The van der Waals surface area contributed by atoms with E-state index in [1.807, 2.05) is 32.0 Å². The van der Waals surface area contributed by atoms with E-state index in [1.165, 1.54) is 0 Å². The van der Waals surface area contributed by atoms with Crippen LogP contribution in [0.15, 0.2) is 23.2 Å². The van der Waals surface area contributed by atoms with Gasteiger partial charge in [-0.2, -0.15) is 0 Å². The van der Waals surface area contributed by atoms with Gasteiger partial charge >= 0.3 is 0 Å². The zero-order chi connectivity index (χ0) is 19.6. The predicted molar refractivity (Wildman–Crippen MR) is 131 cm³/mol. The van der Waals surface area contributed by atoms with Crippen molar-refractivity contribution in [3.05, 3.63) is 28.8 Å². The molecular weight excluding hydrogens is 509 g/mol. The van der Waals surface area contributed by atoms with E-state index in [1.54, 1.807) is 0 Å². The average molecular weight is 542 g/mol. The summed E-state index contributed by atoms with van der Waals surface area (Å²) >= 11 is 6.08. The van der Waals surface area contributed by atoms with Crippen LogP contribution in [0, 0.1) is 0 Å². The molecule has 1 fully saturated rings. The van der Waals surface area contributed by atoms with Crippen molar-refractivity contribution in [3.8, 4) is 5.75 Å². The second kappa shape index (κ2) is 13.6. The average Bonchev–Trinajstić information content (AvgIpc) is 2.67. The van der Waals surface area contributed by atoms with Crippen LogP contribution in [0.25, 0.3) is 0 Å². The summed E-state index contributed by atoms with van der Waals surface area (Å²) in [6, 6.07) is 5.97. The Labute approximate surface area is 193 Å². The molecule has 1 aliphatic carbocycles. The van der Waals surface area contributed by atoms with Crippen molar-refractivity contribution >= 4 is 52.3 Å². The van der Waals surface area contributed by atoms with Crippen LogP contribution in [0.3, 0.4) is 0 Å². The minimum absolute atomic E-state index is 0. The molecule has 0 amide bonds. The quantitative estimate of drug-likeness (QED) is 0.289. The number of aliphatic imine (C=N–C) groups is 1. The van der Waals surface area contributed by atoms with Gasteiger partial charge in [-0.05, 0) is 45.2 Å². The van der Waals surface area contributed by atoms with E-state index < -0.39 is 10.8 Å². The largest absolute Gasteiger partial charge is 0.493 e. The number of ether oxygens (including phenoxy) is 1. The van der Waals surface area contributed by atoms with Crippen LogP contribution in [0.4, 0.5) is 0 Å². The number of halogens is 2. The summed E-state index contributed by atoms with van der Waals surface area (Å²) in [5.41, 5.74) is 1.01. The summed E-state index contributed by atoms with van der Waals surface area (Å²) in [5, 5.41) is 7.81. The van der Waals surface area contributed by atoms with Gasteiger partial charge in [0.1, 0.15) is 5.75 Å². The zero-order valence-electron chi connectivity index (χ0n) is 17.0. The third kappa shape index (κ3) is 8.06. The maximum Gasteiger partial charge on any atom is 0.191 e. The van der Waals surface area contributed by atoms with Crippen LogP contribution in [-0.4, -0.2) is 40.4 Å². The van der Waals surface area contributed by atoms with E-state index in [0.29, 0.717) is 29.5 Å². The molecule has 3 unspecified atom stereocenters. The van der Waals surface area contributed by atoms with E-state index in [4.69, 9.17) is 21.3 Å². The summed E-state index contributed by atoms with van der Waals surface area (Å²) in [6.07, 6.45) is 4.21. The van der Waals surface area contributed by atoms with E-state index in [9.17, 15) is 4.21 Å². The molecule has 0 saturated heterocycles. The summed E-state index contributed by atoms with van der Waals surface area (Å²) in [7, 11) is -0.723. The molecule has 28 heavy (non-hydrogen) atoms. The minimum atomic E-state index is -0.723. The molecule has 2 N–H and O–H groups in total. The van der Waals surface area contributed by atoms with Crippen molar-refractivity contribution in [1.29, 1.82) is 0 Å². The number of rotatable bonds is 8. The summed E-state index contributed by atoms with van der Waals surface area (Å²) in [6.45, 7) is 7.91. The van der Waals surface area contributed by atoms with Crippen LogP contribution in [0.1, 0.15) is 52.0 Å². The van der Waals surface area contributed by atoms with Gasteiger partial charge < -0.3 is 15.4 Å². The maximum atomic E-state index is 12.2. The van der Waals surface area contributed by atoms with Gasteiger partial charge in [-0.3, -0.25) is 4.21 Å². The van der Waals surface area contributed by atoms with Gasteiger partial charge in [-0.15, -0.1) is 24.0 Å². The number of hydrogen-bond donors (Lipinski definition) is 2. The highest BCUT2D eigenvalue weighted by Gasteiger charge is 2.26. The fraction of sp³-hybridized carbons (Fsp3) is 0.650. The fourth-order valence-corrected chi connectivity index (χ4v) is 4.89. The first-order chi connectivity index (χ1) is 13.1. The number of hydrogen-bond acceptors (Lipinski definition) is 3. The van der Waals surface area contributed by atoms with Crippen molar-refractivity contribution in [1.82, 2.24) is 10.6 Å². The summed E-state index contributed by atoms with van der Waals surface area (Å²) in [5.74, 6) is 2.31. The van der Waals surface area contributed by atoms with Crippen LogP contribution < -0.4 is 15.4 Å². The molecule has 160 valence electrons. The van der Waals surface area contributed by atoms with Crippen LogP contribution >= 0.6 is 35.6 Å². The highest BCUT2D eigenvalue weighted by molar-refractivity contribution is 14.0. The lowest BCUT2D eigenvalue weighted by molar-refractivity contribution is 0.336. The van der Waals surface area contributed by atoms with Gasteiger partial charge in [0.15, 0.2) is 5.96 Å². The van der Waals surface area contributed by atoms with Gasteiger partial charge in [0.2, 0.25) is 0 Å². The molecule has 0 bridgehead atoms. The highest BCUT2D eigenvalue weighted by Crippen LogP contribution is 2.25. The van der Waals surface area contributed by atoms with Crippen LogP contribution in [0.5, 0.6) is 5.75 Å². The molecule has 2 rings (SSSR count). The molecule has 0 heterocycles. The van der Waals surface area contributed by atoms with Crippen molar-refractivity contribution in [2.24, 2.45) is 4.99 Å². The Balaban J connectivity index is 0.00000392. The molecule has 0 spiro atoms. The first kappa shape index (κ1) is 25.5. The Morgan fingerprint density at radius 2 is 2.11 bits per heavy atom. The van der Waals surface area contributed by atoms with Gasteiger partial charge in [0.25, 0.3) is 0 Å². The van der Waals surface area contributed by atoms with Crippen molar-refractivity contribution < 1.29 is 8.95 Å². The van der Waals surface area contributed by atoms with Crippen molar-refractivity contribution in [2.45, 2.75) is 64.3 Å². The Kier molecular flexibility index (Phi) is 12.4. The molecule has 3 atom stereocenters. The molecular formula is C20H33ClIN3O2S. The third-order valence-corrected chi connectivity index (χ3v) is 6.68. The van der Waals surface area contributed by atoms with Gasteiger partial charge in [0, 0.05) is 45.0 Å². The number of guanidine groups is 1. The van der Waals surface area contributed by atoms with E-state index in [-0.39, 0.29) is 24.0 Å². The Hall–Kier alpha value is -0.540. The molecule has 1 aliphatic rings. The summed E-state index contributed by atoms with van der Waals surface area (Å²) in [4.78, 5) is 4.74. The predicted octanol–water partition coefficient (Wildman–Crippen LogP) is 4.49. The molecule has 1 aromatic carbocycles. The van der Waals surface area contributed by atoms with Gasteiger partial charge in [0.05, 0.1) is 13.2 Å². The molecule has 0 aliphatic heterocycles. The zero-order valence-corrected chi connectivity index (χ0v) is 20.9. The molecule has 1 saturated carbocycles. The highest BCUT2D eigenvalue weighted by atomic mass is 127. The lowest BCUT2D eigenvalue weighted by Crippen LogP contribution is -2.46. The molecule has 5 nitrogen and oxygen atoms in total. The van der Waals surface area contributed by atoms with Crippen molar-refractivity contribution in [3.63, 3.8) is 0 Å². The monoisotopic (exact) mass is 541 g/mol. The topological polar surface area (TPSA) is 62.7 Å². The lowest BCUT2D eigenvalue weighted by Gasteiger charge is -2.30. The molecule has 1 aromatic rings. The van der Waals surface area contributed by atoms with Gasteiger partial charge in [-0.25, -0.2) is 4.99 Å².